The van der Waals surface area contributed by atoms with Gasteiger partial charge in [0.1, 0.15) is 0 Å². The van der Waals surface area contributed by atoms with Gasteiger partial charge in [0, 0.05) is 23.1 Å². The minimum atomic E-state index is 0.217. The molecule has 1 saturated carbocycles. The SMILES string of the molecule is O=C1c2ccc(Br)cc2CN1CC1CCC1. The topological polar surface area (TPSA) is 20.3 Å². The number of halogens is 1. The number of amides is 1. The summed E-state index contributed by atoms with van der Waals surface area (Å²) in [7, 11) is 0. The summed E-state index contributed by atoms with van der Waals surface area (Å²) in [5, 5.41) is 0. The molecule has 0 radical (unpaired) electrons. The standard InChI is InChI=1S/C13H14BrNO/c14-11-4-5-12-10(6-11)8-15(13(12)16)7-9-2-1-3-9/h4-6,9H,1-3,7-8H2. The van der Waals surface area contributed by atoms with Gasteiger partial charge in [0.15, 0.2) is 0 Å². The van der Waals surface area contributed by atoms with E-state index in [1.807, 2.05) is 17.0 Å². The number of carbonyl (C=O) groups excluding carboxylic acids is 1. The predicted octanol–water partition coefficient (Wildman–Crippen LogP) is 3.21. The normalized spacial score (nSPS) is 19.8. The van der Waals surface area contributed by atoms with E-state index in [1.165, 1.54) is 24.8 Å². The van der Waals surface area contributed by atoms with Crippen LogP contribution in [0.1, 0.15) is 35.2 Å². The molecule has 0 atom stereocenters. The molecule has 84 valence electrons. The summed E-state index contributed by atoms with van der Waals surface area (Å²) in [5.41, 5.74) is 2.06. The van der Waals surface area contributed by atoms with E-state index in [9.17, 15) is 4.79 Å². The number of rotatable bonds is 2. The summed E-state index contributed by atoms with van der Waals surface area (Å²) in [6.07, 6.45) is 3.93. The number of carbonyl (C=O) groups is 1. The van der Waals surface area contributed by atoms with Gasteiger partial charge in [-0.15, -0.1) is 0 Å². The van der Waals surface area contributed by atoms with Crippen LogP contribution in [0.15, 0.2) is 22.7 Å². The van der Waals surface area contributed by atoms with Gasteiger partial charge in [0.2, 0.25) is 0 Å². The van der Waals surface area contributed by atoms with Gasteiger partial charge in [-0.05, 0) is 42.5 Å². The van der Waals surface area contributed by atoms with E-state index < -0.39 is 0 Å². The van der Waals surface area contributed by atoms with Crippen molar-refractivity contribution in [2.24, 2.45) is 5.92 Å². The molecule has 1 aromatic rings. The summed E-state index contributed by atoms with van der Waals surface area (Å²) >= 11 is 3.45. The largest absolute Gasteiger partial charge is 0.334 e. The van der Waals surface area contributed by atoms with Crippen LogP contribution in [0.25, 0.3) is 0 Å². The fourth-order valence-electron chi connectivity index (χ4n) is 2.48. The van der Waals surface area contributed by atoms with Crippen LogP contribution in [0, 0.1) is 5.92 Å². The van der Waals surface area contributed by atoms with Crippen molar-refractivity contribution in [1.82, 2.24) is 4.90 Å². The van der Waals surface area contributed by atoms with Crippen molar-refractivity contribution in [3.05, 3.63) is 33.8 Å². The molecule has 1 aliphatic heterocycles. The molecule has 1 aliphatic carbocycles. The average molecular weight is 280 g/mol. The van der Waals surface area contributed by atoms with Gasteiger partial charge < -0.3 is 4.90 Å². The Morgan fingerprint density at radius 1 is 1.38 bits per heavy atom. The summed E-state index contributed by atoms with van der Waals surface area (Å²) in [6.45, 7) is 1.75. The molecule has 1 fully saturated rings. The molecule has 16 heavy (non-hydrogen) atoms. The summed E-state index contributed by atoms with van der Waals surface area (Å²) in [5.74, 6) is 0.969. The van der Waals surface area contributed by atoms with Crippen LogP contribution in [0.3, 0.4) is 0 Å². The highest BCUT2D eigenvalue weighted by molar-refractivity contribution is 9.10. The van der Waals surface area contributed by atoms with Gasteiger partial charge >= 0.3 is 0 Å². The maximum Gasteiger partial charge on any atom is 0.254 e. The van der Waals surface area contributed by atoms with E-state index in [2.05, 4.69) is 22.0 Å². The molecule has 1 aromatic carbocycles. The van der Waals surface area contributed by atoms with E-state index in [4.69, 9.17) is 0 Å². The Morgan fingerprint density at radius 2 is 2.19 bits per heavy atom. The fraction of sp³-hybridized carbons (Fsp3) is 0.462. The lowest BCUT2D eigenvalue weighted by Crippen LogP contribution is -2.32. The third-order valence-corrected chi connectivity index (χ3v) is 4.14. The van der Waals surface area contributed by atoms with Gasteiger partial charge in [-0.2, -0.15) is 0 Å². The Labute approximate surface area is 104 Å². The van der Waals surface area contributed by atoms with E-state index in [-0.39, 0.29) is 5.91 Å². The Hall–Kier alpha value is -0.830. The van der Waals surface area contributed by atoms with Crippen molar-refractivity contribution >= 4 is 21.8 Å². The average Bonchev–Trinajstić information content (AvgIpc) is 2.49. The second-order valence-electron chi connectivity index (χ2n) is 4.78. The molecule has 3 rings (SSSR count). The van der Waals surface area contributed by atoms with Crippen molar-refractivity contribution in [3.8, 4) is 0 Å². The Morgan fingerprint density at radius 3 is 2.88 bits per heavy atom. The third kappa shape index (κ3) is 1.67. The first-order valence-corrected chi connectivity index (χ1v) is 6.61. The number of hydrogen-bond acceptors (Lipinski definition) is 1. The molecular weight excluding hydrogens is 266 g/mol. The van der Waals surface area contributed by atoms with Crippen LogP contribution in [-0.2, 0) is 6.54 Å². The minimum absolute atomic E-state index is 0.217. The van der Waals surface area contributed by atoms with Crippen molar-refractivity contribution in [2.45, 2.75) is 25.8 Å². The second-order valence-corrected chi connectivity index (χ2v) is 5.70. The van der Waals surface area contributed by atoms with Crippen LogP contribution in [0.5, 0.6) is 0 Å². The lowest BCUT2D eigenvalue weighted by Gasteiger charge is -2.29. The van der Waals surface area contributed by atoms with E-state index in [0.717, 1.165) is 29.0 Å². The van der Waals surface area contributed by atoms with Gasteiger partial charge in [-0.3, -0.25) is 4.79 Å². The molecule has 0 saturated heterocycles. The zero-order chi connectivity index (χ0) is 11.1. The number of fused-ring (bicyclic) bond motifs is 1. The quantitative estimate of drug-likeness (QED) is 0.814. The number of nitrogens with zero attached hydrogens (tertiary/aromatic N) is 1. The van der Waals surface area contributed by atoms with E-state index >= 15 is 0 Å². The molecule has 0 spiro atoms. The molecule has 0 bridgehead atoms. The maximum atomic E-state index is 12.1. The van der Waals surface area contributed by atoms with Gasteiger partial charge in [-0.25, -0.2) is 0 Å². The van der Waals surface area contributed by atoms with Crippen LogP contribution in [0.4, 0.5) is 0 Å². The van der Waals surface area contributed by atoms with E-state index in [0.29, 0.717) is 0 Å². The van der Waals surface area contributed by atoms with Crippen molar-refractivity contribution < 1.29 is 4.79 Å². The lowest BCUT2D eigenvalue weighted by atomic mass is 9.85. The van der Waals surface area contributed by atoms with Crippen molar-refractivity contribution in [1.29, 1.82) is 0 Å². The summed E-state index contributed by atoms with van der Waals surface area (Å²) in [4.78, 5) is 14.1. The Bertz CT molecular complexity index is 440. The first-order valence-electron chi connectivity index (χ1n) is 5.82. The smallest absolute Gasteiger partial charge is 0.254 e. The van der Waals surface area contributed by atoms with Gasteiger partial charge in [-0.1, -0.05) is 22.4 Å². The van der Waals surface area contributed by atoms with Crippen LogP contribution in [0.2, 0.25) is 0 Å². The molecule has 1 amide bonds. The third-order valence-electron chi connectivity index (χ3n) is 3.65. The fourth-order valence-corrected chi connectivity index (χ4v) is 2.89. The van der Waals surface area contributed by atoms with Gasteiger partial charge in [0.25, 0.3) is 5.91 Å². The van der Waals surface area contributed by atoms with Crippen molar-refractivity contribution in [3.63, 3.8) is 0 Å². The van der Waals surface area contributed by atoms with Gasteiger partial charge in [0.05, 0.1) is 0 Å². The highest BCUT2D eigenvalue weighted by Gasteiger charge is 2.30. The zero-order valence-electron chi connectivity index (χ0n) is 9.08. The molecular formula is C13H14BrNO. The minimum Gasteiger partial charge on any atom is -0.334 e. The maximum absolute atomic E-state index is 12.1. The van der Waals surface area contributed by atoms with Crippen LogP contribution < -0.4 is 0 Å². The molecule has 3 heteroatoms. The monoisotopic (exact) mass is 279 g/mol. The van der Waals surface area contributed by atoms with E-state index in [1.54, 1.807) is 0 Å². The predicted molar refractivity (Wildman–Crippen MR) is 66.2 cm³/mol. The molecule has 0 N–H and O–H groups in total. The first kappa shape index (κ1) is 10.3. The Balaban J connectivity index is 1.79. The highest BCUT2D eigenvalue weighted by Crippen LogP contribution is 2.31. The zero-order valence-corrected chi connectivity index (χ0v) is 10.7. The van der Waals surface area contributed by atoms with Crippen molar-refractivity contribution in [2.75, 3.05) is 6.54 Å². The molecule has 2 nitrogen and oxygen atoms in total. The second kappa shape index (κ2) is 3.88. The first-order chi connectivity index (χ1) is 7.74. The van der Waals surface area contributed by atoms with Crippen LogP contribution >= 0.6 is 15.9 Å². The summed E-state index contributed by atoms with van der Waals surface area (Å²) in [6, 6.07) is 5.94. The number of hydrogen-bond donors (Lipinski definition) is 0. The van der Waals surface area contributed by atoms with Crippen LogP contribution in [-0.4, -0.2) is 17.4 Å². The lowest BCUT2D eigenvalue weighted by molar-refractivity contribution is 0.0720. The molecule has 0 aromatic heterocycles. The molecule has 0 unspecified atom stereocenters. The summed E-state index contributed by atoms with van der Waals surface area (Å²) < 4.78 is 1.06. The highest BCUT2D eigenvalue weighted by atomic mass is 79.9. The number of benzene rings is 1. The molecule has 2 aliphatic rings. The molecule has 1 heterocycles. The Kier molecular flexibility index (Phi) is 2.51.